The van der Waals surface area contributed by atoms with Gasteiger partial charge in [0.1, 0.15) is 48.1 Å². The smallest absolute Gasteiger partial charge is 0.744 e. The van der Waals surface area contributed by atoms with Crippen molar-refractivity contribution in [1.29, 1.82) is 0 Å². The molecule has 3 aromatic heterocycles. The van der Waals surface area contributed by atoms with Gasteiger partial charge in [-0.2, -0.15) is 0 Å². The molecule has 0 fully saturated rings. The molecule has 76 heavy (non-hydrogen) atoms. The molecule has 0 saturated heterocycles. The Kier molecular flexibility index (Phi) is 13.8. The van der Waals surface area contributed by atoms with Gasteiger partial charge in [0.25, 0.3) is 0 Å². The number of ketones is 6. The van der Waals surface area contributed by atoms with Gasteiger partial charge in [-0.15, -0.1) is 0 Å². The number of fused-ring (bicyclic) bond motifs is 6. The van der Waals surface area contributed by atoms with E-state index in [2.05, 4.69) is 15.0 Å². The molecule has 0 radical (unpaired) electrons. The monoisotopic (exact) mass is 1080 g/mol. The van der Waals surface area contributed by atoms with Crippen LogP contribution in [-0.2, 0) is 30.4 Å². The molecule has 9 aromatic rings. The van der Waals surface area contributed by atoms with E-state index < -0.39 is 48.1 Å². The van der Waals surface area contributed by atoms with E-state index in [0.717, 1.165) is 18.2 Å². The number of aromatic nitrogens is 3. The number of hydrogen-bond donors (Lipinski definition) is 0. The van der Waals surface area contributed by atoms with E-state index >= 15 is 0 Å². The summed E-state index contributed by atoms with van der Waals surface area (Å²) in [7, 11) is -13.7. The van der Waals surface area contributed by atoms with Gasteiger partial charge in [-0.05, 0) is 72.8 Å². The molecular weight excluding hydrogens is 1050 g/mol. The van der Waals surface area contributed by atoms with Crippen LogP contribution in [0, 0.1) is 0 Å². The van der Waals surface area contributed by atoms with Crippen LogP contribution in [0.15, 0.2) is 178 Å². The molecule has 22 heteroatoms. The Labute approximate surface area is 441 Å². The number of hydrogen-bond acceptors (Lipinski definition) is 18. The molecule has 372 valence electrons. The van der Waals surface area contributed by atoms with E-state index in [0.29, 0.717) is 83.2 Å². The van der Waals surface area contributed by atoms with Gasteiger partial charge in [-0.25, -0.2) is 25.3 Å². The van der Waals surface area contributed by atoms with Crippen LogP contribution >= 0.6 is 0 Å². The number of nitrogens with zero attached hydrogens (tertiary/aromatic N) is 3. The fourth-order valence-corrected chi connectivity index (χ4v) is 10.7. The Balaban J connectivity index is 0.000000138. The predicted molar refractivity (Wildman–Crippen MR) is 268 cm³/mol. The number of benzene rings is 6. The van der Waals surface area contributed by atoms with Crippen molar-refractivity contribution in [3.8, 4) is 0 Å². The quantitative estimate of drug-likeness (QED) is 0.0971. The first kappa shape index (κ1) is 52.7. The summed E-state index contributed by atoms with van der Waals surface area (Å²) >= 11 is 0. The zero-order valence-corrected chi connectivity index (χ0v) is 42.2. The normalized spacial score (nSPS) is 14.7. The van der Waals surface area contributed by atoms with Crippen molar-refractivity contribution in [1.82, 2.24) is 15.0 Å². The molecule has 3 heterocycles. The summed E-state index contributed by atoms with van der Waals surface area (Å²) in [6.45, 7) is 0. The van der Waals surface area contributed by atoms with E-state index in [-0.39, 0.29) is 66.7 Å². The average molecular weight is 1080 g/mol. The fourth-order valence-electron chi connectivity index (χ4n) is 9.14. The van der Waals surface area contributed by atoms with Gasteiger partial charge in [-0.3, -0.25) is 43.7 Å². The van der Waals surface area contributed by atoms with Crippen molar-refractivity contribution in [3.05, 3.63) is 214 Å². The van der Waals surface area contributed by atoms with Crippen molar-refractivity contribution >= 4 is 115 Å². The number of carbonyl (C=O) groups excluding carboxylic acids is 6. The standard InChI is InChI=1S/3C18H11NO5S.Al/c3*20-17-12-3-1-2-4-13(12)18(21)16(17)15-7-5-10-9-11(25(22,23)24)6-8-14(10)19-15;/h3*1-9,16H,(H,22,23,24);/q;;;+3/p-3. The van der Waals surface area contributed by atoms with Gasteiger partial charge in [0.2, 0.25) is 0 Å². The number of pyridine rings is 3. The van der Waals surface area contributed by atoms with Crippen LogP contribution in [0.5, 0.6) is 0 Å². The van der Waals surface area contributed by atoms with E-state index in [1.54, 1.807) is 91.0 Å². The molecule has 0 N–H and O–H groups in total. The third-order valence-electron chi connectivity index (χ3n) is 12.7. The first-order chi connectivity index (χ1) is 35.6. The molecule has 0 amide bonds. The van der Waals surface area contributed by atoms with Crippen LogP contribution in [-0.4, -0.2) is 106 Å². The average Bonchev–Trinajstić information content (AvgIpc) is 3.92. The summed E-state index contributed by atoms with van der Waals surface area (Å²) < 4.78 is 99.9. The molecule has 18 nitrogen and oxygen atoms in total. The van der Waals surface area contributed by atoms with Crippen LogP contribution in [0.3, 0.4) is 0 Å². The molecular formula is C54H30AlN3O15S3. The first-order valence-corrected chi connectivity index (χ1v) is 26.4. The van der Waals surface area contributed by atoms with E-state index in [1.807, 2.05) is 0 Å². The minimum absolute atomic E-state index is 0. The van der Waals surface area contributed by atoms with Crippen molar-refractivity contribution < 1.29 is 67.7 Å². The molecule has 12 rings (SSSR count). The Morgan fingerprint density at radius 1 is 0.303 bits per heavy atom. The van der Waals surface area contributed by atoms with Gasteiger partial charge < -0.3 is 13.7 Å². The summed E-state index contributed by atoms with van der Waals surface area (Å²) in [6, 6.07) is 40.4. The van der Waals surface area contributed by atoms with Crippen LogP contribution in [0.25, 0.3) is 32.7 Å². The minimum atomic E-state index is -4.56. The second-order valence-corrected chi connectivity index (χ2v) is 21.4. The van der Waals surface area contributed by atoms with E-state index in [9.17, 15) is 67.7 Å². The van der Waals surface area contributed by atoms with Crippen molar-refractivity contribution in [3.63, 3.8) is 0 Å². The second kappa shape index (κ2) is 19.8. The maximum Gasteiger partial charge on any atom is 3.00 e. The summed E-state index contributed by atoms with van der Waals surface area (Å²) in [5.41, 5.74) is 4.41. The molecule has 0 atom stereocenters. The third kappa shape index (κ3) is 9.71. The van der Waals surface area contributed by atoms with Crippen LogP contribution < -0.4 is 0 Å². The number of Topliss-reactive ketones (excluding diaryl/α,β-unsaturated/α-hetero) is 6. The van der Waals surface area contributed by atoms with Gasteiger partial charge in [0.05, 0.1) is 48.3 Å². The molecule has 0 unspecified atom stereocenters. The molecule has 0 saturated carbocycles. The Hall–Kier alpha value is -8.17. The Morgan fingerprint density at radius 2 is 0.513 bits per heavy atom. The van der Waals surface area contributed by atoms with Gasteiger partial charge in [0.15, 0.2) is 34.7 Å². The largest absolute Gasteiger partial charge is 3.00 e. The Morgan fingerprint density at radius 3 is 0.711 bits per heavy atom. The first-order valence-electron chi connectivity index (χ1n) is 22.2. The maximum atomic E-state index is 12.5. The van der Waals surface area contributed by atoms with E-state index in [1.165, 1.54) is 54.6 Å². The molecule has 0 aliphatic heterocycles. The fraction of sp³-hybridized carbons (Fsp3) is 0.0556. The summed E-state index contributed by atoms with van der Waals surface area (Å²) in [5, 5.41) is 1.32. The Bertz CT molecular complexity index is 3850. The zero-order chi connectivity index (χ0) is 53.3. The van der Waals surface area contributed by atoms with E-state index in [4.69, 9.17) is 0 Å². The predicted octanol–water partition coefficient (Wildman–Crippen LogP) is 6.52. The molecule has 0 spiro atoms. The summed E-state index contributed by atoms with van der Waals surface area (Å²) in [5.74, 6) is -4.79. The molecule has 3 aliphatic rings. The molecule has 0 bridgehead atoms. The summed E-state index contributed by atoms with van der Waals surface area (Å²) in [6.07, 6.45) is 0. The van der Waals surface area contributed by atoms with Crippen molar-refractivity contribution in [2.45, 2.75) is 32.4 Å². The van der Waals surface area contributed by atoms with Crippen LogP contribution in [0.4, 0.5) is 0 Å². The van der Waals surface area contributed by atoms with Crippen LogP contribution in [0.1, 0.15) is 97.0 Å². The molecule has 3 aliphatic carbocycles. The minimum Gasteiger partial charge on any atom is -0.744 e. The van der Waals surface area contributed by atoms with Crippen molar-refractivity contribution in [2.75, 3.05) is 0 Å². The van der Waals surface area contributed by atoms with Crippen LogP contribution in [0.2, 0.25) is 0 Å². The maximum absolute atomic E-state index is 12.5. The zero-order valence-electron chi connectivity index (χ0n) is 38.6. The number of carbonyl (C=O) groups is 6. The third-order valence-corrected chi connectivity index (χ3v) is 15.2. The van der Waals surface area contributed by atoms with Gasteiger partial charge in [-0.1, -0.05) is 91.0 Å². The number of rotatable bonds is 6. The summed E-state index contributed by atoms with van der Waals surface area (Å²) in [4.78, 5) is 87.2. The second-order valence-electron chi connectivity index (χ2n) is 17.3. The van der Waals surface area contributed by atoms with Gasteiger partial charge in [0, 0.05) is 49.5 Å². The van der Waals surface area contributed by atoms with Gasteiger partial charge >= 0.3 is 17.4 Å². The van der Waals surface area contributed by atoms with Crippen molar-refractivity contribution in [2.24, 2.45) is 0 Å². The molecule has 6 aromatic carbocycles. The SMILES string of the molecule is O=C1c2ccccc2C(=O)C1c1ccc2cc(S(=O)(=O)[O-])ccc2n1.O=C1c2ccccc2C(=O)C1c1ccc2cc(S(=O)(=O)[O-])ccc2n1.O=C1c2ccccc2C(=O)C1c1ccc2cc(S(=O)(=O)[O-])ccc2n1.[Al+3]. The topological polar surface area (TPSA) is 313 Å².